The summed E-state index contributed by atoms with van der Waals surface area (Å²) in [6.07, 6.45) is 0.722. The van der Waals surface area contributed by atoms with E-state index < -0.39 is 5.82 Å². The number of thiazole rings is 1. The van der Waals surface area contributed by atoms with Gasteiger partial charge in [-0.1, -0.05) is 11.6 Å². The minimum absolute atomic E-state index is 0.00171. The molecule has 0 amide bonds. The molecule has 0 aliphatic carbocycles. The molecule has 6 heteroatoms. The van der Waals surface area contributed by atoms with Crippen molar-refractivity contribution in [2.75, 3.05) is 12.3 Å². The van der Waals surface area contributed by atoms with Gasteiger partial charge in [-0.3, -0.25) is 0 Å². The van der Waals surface area contributed by atoms with Crippen molar-refractivity contribution in [3.63, 3.8) is 0 Å². The smallest absolute Gasteiger partial charge is 0.145 e. The highest BCUT2D eigenvalue weighted by Gasteiger charge is 2.08. The van der Waals surface area contributed by atoms with E-state index in [4.69, 9.17) is 22.1 Å². The number of aryl methyl sites for hydroxylation is 1. The number of nitrogen functional groups attached to an aromatic ring is 1. The van der Waals surface area contributed by atoms with Crippen molar-refractivity contribution in [1.29, 1.82) is 0 Å². The Morgan fingerprint density at radius 3 is 2.94 bits per heavy atom. The molecule has 1 aromatic carbocycles. The van der Waals surface area contributed by atoms with Gasteiger partial charge >= 0.3 is 0 Å². The Bertz CT molecular complexity index is 559. The van der Waals surface area contributed by atoms with Crippen molar-refractivity contribution < 1.29 is 9.13 Å². The molecule has 2 N–H and O–H groups in total. The summed E-state index contributed by atoms with van der Waals surface area (Å²) in [7, 11) is 0. The lowest BCUT2D eigenvalue weighted by atomic mass is 10.3. The van der Waals surface area contributed by atoms with Crippen LogP contribution in [0.2, 0.25) is 5.02 Å². The Morgan fingerprint density at radius 1 is 1.50 bits per heavy atom. The van der Waals surface area contributed by atoms with Gasteiger partial charge in [-0.15, -0.1) is 11.3 Å². The molecule has 0 unspecified atom stereocenters. The SMILES string of the molecule is Cc1ncsc1CCOc1cc(F)c(Cl)cc1N. The molecule has 0 saturated heterocycles. The molecule has 2 aromatic rings. The first-order valence-electron chi connectivity index (χ1n) is 5.34. The number of aromatic nitrogens is 1. The quantitative estimate of drug-likeness (QED) is 0.876. The second kappa shape index (κ2) is 5.54. The summed E-state index contributed by atoms with van der Waals surface area (Å²) < 4.78 is 18.7. The van der Waals surface area contributed by atoms with Crippen molar-refractivity contribution in [2.24, 2.45) is 0 Å². The van der Waals surface area contributed by atoms with E-state index in [2.05, 4.69) is 4.98 Å². The number of nitrogens with zero attached hydrogens (tertiary/aromatic N) is 1. The first kappa shape index (κ1) is 13.1. The largest absolute Gasteiger partial charge is 0.491 e. The first-order chi connectivity index (χ1) is 8.58. The molecule has 2 rings (SSSR count). The van der Waals surface area contributed by atoms with Gasteiger partial charge in [-0.05, 0) is 13.0 Å². The number of rotatable bonds is 4. The Labute approximate surface area is 113 Å². The van der Waals surface area contributed by atoms with Crippen LogP contribution in [0.25, 0.3) is 0 Å². The number of anilines is 1. The van der Waals surface area contributed by atoms with Crippen LogP contribution in [0.5, 0.6) is 5.75 Å². The van der Waals surface area contributed by atoms with Gasteiger partial charge < -0.3 is 10.5 Å². The van der Waals surface area contributed by atoms with Crippen molar-refractivity contribution >= 4 is 28.6 Å². The Kier molecular flexibility index (Phi) is 4.04. The molecular weight excluding hydrogens is 275 g/mol. The van der Waals surface area contributed by atoms with Crippen LogP contribution in [0.4, 0.5) is 10.1 Å². The van der Waals surface area contributed by atoms with Crippen molar-refractivity contribution in [3.05, 3.63) is 39.1 Å². The predicted molar refractivity (Wildman–Crippen MR) is 71.9 cm³/mol. The fourth-order valence-corrected chi connectivity index (χ4v) is 2.42. The zero-order chi connectivity index (χ0) is 13.1. The third-order valence-corrected chi connectivity index (χ3v) is 3.77. The number of halogens is 2. The van der Waals surface area contributed by atoms with Gasteiger partial charge in [0.15, 0.2) is 0 Å². The van der Waals surface area contributed by atoms with Gasteiger partial charge in [0, 0.05) is 17.4 Å². The summed E-state index contributed by atoms with van der Waals surface area (Å²) in [6, 6.07) is 2.56. The molecule has 0 radical (unpaired) electrons. The molecule has 0 spiro atoms. The van der Waals surface area contributed by atoms with E-state index in [0.717, 1.165) is 17.0 Å². The van der Waals surface area contributed by atoms with E-state index in [1.807, 2.05) is 6.92 Å². The van der Waals surface area contributed by atoms with Gasteiger partial charge in [-0.2, -0.15) is 0 Å². The van der Waals surface area contributed by atoms with E-state index in [1.165, 1.54) is 12.1 Å². The monoisotopic (exact) mass is 286 g/mol. The normalized spacial score (nSPS) is 10.6. The minimum atomic E-state index is -0.533. The number of benzene rings is 1. The van der Waals surface area contributed by atoms with Crippen LogP contribution in [0.1, 0.15) is 10.6 Å². The third kappa shape index (κ3) is 2.91. The molecule has 1 heterocycles. The molecule has 0 atom stereocenters. The summed E-state index contributed by atoms with van der Waals surface area (Å²) in [5.41, 5.74) is 8.82. The zero-order valence-electron chi connectivity index (χ0n) is 9.74. The van der Waals surface area contributed by atoms with Gasteiger partial charge in [-0.25, -0.2) is 9.37 Å². The average molecular weight is 287 g/mol. The average Bonchev–Trinajstić information content (AvgIpc) is 2.72. The van der Waals surface area contributed by atoms with Crippen molar-refractivity contribution in [2.45, 2.75) is 13.3 Å². The molecule has 1 aromatic heterocycles. The fraction of sp³-hybridized carbons (Fsp3) is 0.250. The van der Waals surface area contributed by atoms with Crippen LogP contribution < -0.4 is 10.5 Å². The van der Waals surface area contributed by atoms with E-state index in [1.54, 1.807) is 16.8 Å². The van der Waals surface area contributed by atoms with E-state index >= 15 is 0 Å². The molecule has 0 aliphatic heterocycles. The minimum Gasteiger partial charge on any atom is -0.491 e. The number of ether oxygens (including phenoxy) is 1. The zero-order valence-corrected chi connectivity index (χ0v) is 11.3. The summed E-state index contributed by atoms with van der Waals surface area (Å²) in [4.78, 5) is 5.30. The van der Waals surface area contributed by atoms with Crippen LogP contribution in [-0.2, 0) is 6.42 Å². The van der Waals surface area contributed by atoms with Crippen LogP contribution in [0.3, 0.4) is 0 Å². The highest BCUT2D eigenvalue weighted by atomic mass is 35.5. The van der Waals surface area contributed by atoms with Crippen LogP contribution in [0.15, 0.2) is 17.6 Å². The van der Waals surface area contributed by atoms with Gasteiger partial charge in [0.05, 0.1) is 28.5 Å². The summed E-state index contributed by atoms with van der Waals surface area (Å²) in [5.74, 6) is -0.214. The molecular formula is C12H12ClFN2OS. The molecule has 3 nitrogen and oxygen atoms in total. The standard InChI is InChI=1S/C12H12ClFN2OS/c1-7-12(18-6-16-7)2-3-17-11-5-9(14)8(13)4-10(11)15/h4-6H,2-3,15H2,1H3. The lowest BCUT2D eigenvalue weighted by Gasteiger charge is -2.09. The fourth-order valence-electron chi connectivity index (χ4n) is 1.49. The van der Waals surface area contributed by atoms with Crippen molar-refractivity contribution in [1.82, 2.24) is 4.98 Å². The maximum atomic E-state index is 13.2. The maximum Gasteiger partial charge on any atom is 0.145 e. The number of nitrogens with two attached hydrogens (primary N) is 1. The molecule has 0 bridgehead atoms. The molecule has 0 fully saturated rings. The highest BCUT2D eigenvalue weighted by Crippen LogP contribution is 2.28. The van der Waals surface area contributed by atoms with E-state index in [9.17, 15) is 4.39 Å². The van der Waals surface area contributed by atoms with Gasteiger partial charge in [0.1, 0.15) is 11.6 Å². The second-order valence-electron chi connectivity index (χ2n) is 3.76. The first-order valence-corrected chi connectivity index (χ1v) is 6.60. The lowest BCUT2D eigenvalue weighted by molar-refractivity contribution is 0.322. The third-order valence-electron chi connectivity index (χ3n) is 2.48. The maximum absolute atomic E-state index is 13.2. The summed E-state index contributed by atoms with van der Waals surface area (Å²) in [6.45, 7) is 2.37. The van der Waals surface area contributed by atoms with Crippen molar-refractivity contribution in [3.8, 4) is 5.75 Å². The van der Waals surface area contributed by atoms with E-state index in [-0.39, 0.29) is 5.02 Å². The molecule has 96 valence electrons. The Hall–Kier alpha value is -1.33. The van der Waals surface area contributed by atoms with E-state index in [0.29, 0.717) is 18.0 Å². The highest BCUT2D eigenvalue weighted by molar-refractivity contribution is 7.09. The topological polar surface area (TPSA) is 48.1 Å². The molecule has 18 heavy (non-hydrogen) atoms. The molecule has 0 aliphatic rings. The van der Waals surface area contributed by atoms with Crippen LogP contribution >= 0.6 is 22.9 Å². The summed E-state index contributed by atoms with van der Waals surface area (Å²) >= 11 is 7.18. The second-order valence-corrected chi connectivity index (χ2v) is 5.11. The van der Waals surface area contributed by atoms with Gasteiger partial charge in [0.25, 0.3) is 0 Å². The summed E-state index contributed by atoms with van der Waals surface area (Å²) in [5, 5.41) is -0.00171. The number of hydrogen-bond acceptors (Lipinski definition) is 4. The van der Waals surface area contributed by atoms with Gasteiger partial charge in [0.2, 0.25) is 0 Å². The molecule has 0 saturated carbocycles. The Morgan fingerprint density at radius 2 is 2.28 bits per heavy atom. The lowest BCUT2D eigenvalue weighted by Crippen LogP contribution is -2.04. The Balaban J connectivity index is 1.99. The predicted octanol–water partition coefficient (Wildman–Crippen LogP) is 3.45. The number of hydrogen-bond donors (Lipinski definition) is 1. The van der Waals surface area contributed by atoms with Crippen LogP contribution in [0, 0.1) is 12.7 Å². The van der Waals surface area contributed by atoms with Crippen LogP contribution in [-0.4, -0.2) is 11.6 Å².